The normalized spacial score (nSPS) is 17.6. The topological polar surface area (TPSA) is 35.5 Å². The highest BCUT2D eigenvalue weighted by atomic mass is 19.2. The lowest BCUT2D eigenvalue weighted by Crippen LogP contribution is -2.13. The molecular formula is C29H27F3O3. The summed E-state index contributed by atoms with van der Waals surface area (Å²) >= 11 is 0. The number of rotatable bonds is 7. The van der Waals surface area contributed by atoms with Gasteiger partial charge in [-0.3, -0.25) is 0 Å². The monoisotopic (exact) mass is 480 g/mol. The second kappa shape index (κ2) is 10.8. The minimum atomic E-state index is -0.886. The Morgan fingerprint density at radius 3 is 2.31 bits per heavy atom. The Hall–Kier alpha value is -3.54. The molecule has 0 aliphatic heterocycles. The fourth-order valence-corrected chi connectivity index (χ4v) is 4.54. The van der Waals surface area contributed by atoms with Gasteiger partial charge in [0.2, 0.25) is 0 Å². The molecule has 0 bridgehead atoms. The Bertz CT molecular complexity index is 1210. The van der Waals surface area contributed by atoms with Gasteiger partial charge in [0, 0.05) is 5.56 Å². The first-order valence-corrected chi connectivity index (χ1v) is 11.8. The quantitative estimate of drug-likeness (QED) is 0.196. The Labute approximate surface area is 203 Å². The number of carbonyl (C=O) groups excluding carboxylic acids is 1. The summed E-state index contributed by atoms with van der Waals surface area (Å²) in [5.41, 5.74) is 1.04. The lowest BCUT2D eigenvalue weighted by atomic mass is 9.78. The average Bonchev–Trinajstić information content (AvgIpc) is 2.87. The van der Waals surface area contributed by atoms with E-state index in [0.29, 0.717) is 23.7 Å². The Kier molecular flexibility index (Phi) is 7.59. The highest BCUT2D eigenvalue weighted by molar-refractivity contribution is 5.91. The van der Waals surface area contributed by atoms with E-state index in [1.807, 2.05) is 6.08 Å². The molecule has 0 spiro atoms. The lowest BCUT2D eigenvalue weighted by Gasteiger charge is -2.27. The van der Waals surface area contributed by atoms with Crippen LogP contribution in [0.3, 0.4) is 0 Å². The Morgan fingerprint density at radius 2 is 1.69 bits per heavy atom. The molecule has 3 nitrogen and oxygen atoms in total. The van der Waals surface area contributed by atoms with Crippen molar-refractivity contribution in [1.29, 1.82) is 0 Å². The molecule has 1 saturated carbocycles. The zero-order valence-electron chi connectivity index (χ0n) is 19.5. The van der Waals surface area contributed by atoms with Crippen LogP contribution in [0.25, 0.3) is 11.1 Å². The number of hydrogen-bond donors (Lipinski definition) is 0. The number of halogens is 3. The highest BCUT2D eigenvalue weighted by Gasteiger charge is 2.25. The van der Waals surface area contributed by atoms with Gasteiger partial charge in [0.15, 0.2) is 23.2 Å². The molecule has 6 heteroatoms. The zero-order valence-corrected chi connectivity index (χ0v) is 19.5. The maximum Gasteiger partial charge on any atom is 0.343 e. The van der Waals surface area contributed by atoms with E-state index in [-0.39, 0.29) is 28.5 Å². The molecule has 1 aliphatic carbocycles. The molecule has 35 heavy (non-hydrogen) atoms. The molecule has 0 atom stereocenters. The van der Waals surface area contributed by atoms with Crippen molar-refractivity contribution in [2.24, 2.45) is 5.92 Å². The third-order valence-electron chi connectivity index (χ3n) is 6.50. The fourth-order valence-electron chi connectivity index (χ4n) is 4.54. The molecule has 0 heterocycles. The number of carbonyl (C=O) groups is 1. The molecular weight excluding hydrogens is 453 g/mol. The summed E-state index contributed by atoms with van der Waals surface area (Å²) in [7, 11) is 0. The smallest absolute Gasteiger partial charge is 0.343 e. The van der Waals surface area contributed by atoms with E-state index in [2.05, 4.69) is 6.58 Å². The highest BCUT2D eigenvalue weighted by Crippen LogP contribution is 2.39. The molecule has 0 saturated heterocycles. The predicted octanol–water partition coefficient (Wildman–Crippen LogP) is 7.85. The van der Waals surface area contributed by atoms with Crippen molar-refractivity contribution in [3.8, 4) is 22.6 Å². The van der Waals surface area contributed by atoms with Crippen LogP contribution in [0.1, 0.15) is 54.4 Å². The molecule has 3 aromatic carbocycles. The van der Waals surface area contributed by atoms with Crippen molar-refractivity contribution in [3.05, 3.63) is 95.8 Å². The first kappa shape index (κ1) is 24.6. The molecule has 0 radical (unpaired) electrons. The summed E-state index contributed by atoms with van der Waals surface area (Å²) in [6.07, 6.45) is 5.42. The summed E-state index contributed by atoms with van der Waals surface area (Å²) in [5.74, 6) is -2.40. The van der Waals surface area contributed by atoms with Crippen LogP contribution in [0.5, 0.6) is 11.5 Å². The summed E-state index contributed by atoms with van der Waals surface area (Å²) in [6, 6.07) is 13.2. The minimum Gasteiger partial charge on any atom is -0.491 e. The van der Waals surface area contributed by atoms with Crippen LogP contribution < -0.4 is 9.47 Å². The number of ether oxygens (including phenoxy) is 2. The van der Waals surface area contributed by atoms with Crippen LogP contribution in [0.15, 0.2) is 67.3 Å². The fraction of sp³-hybridized carbons (Fsp3) is 0.276. The molecule has 0 N–H and O–H groups in total. The maximum absolute atomic E-state index is 15.0. The van der Waals surface area contributed by atoms with Gasteiger partial charge in [0.25, 0.3) is 0 Å². The SMILES string of the molecule is C=CC1CCC(c2ccc(-c3ccc(OC(=O)c4ccc(OCC)c(F)c4)cc3)c(F)c2F)CC1. The van der Waals surface area contributed by atoms with Gasteiger partial charge >= 0.3 is 5.97 Å². The van der Waals surface area contributed by atoms with Gasteiger partial charge in [-0.1, -0.05) is 30.3 Å². The zero-order chi connectivity index (χ0) is 24.9. The molecule has 4 rings (SSSR count). The number of allylic oxidation sites excluding steroid dienone is 1. The van der Waals surface area contributed by atoms with Crippen molar-refractivity contribution in [2.75, 3.05) is 6.61 Å². The van der Waals surface area contributed by atoms with E-state index in [9.17, 15) is 18.0 Å². The van der Waals surface area contributed by atoms with Gasteiger partial charge in [0.1, 0.15) is 5.75 Å². The van der Waals surface area contributed by atoms with Gasteiger partial charge in [-0.15, -0.1) is 6.58 Å². The van der Waals surface area contributed by atoms with E-state index in [4.69, 9.17) is 9.47 Å². The molecule has 182 valence electrons. The first-order valence-electron chi connectivity index (χ1n) is 11.8. The van der Waals surface area contributed by atoms with Gasteiger partial charge in [-0.2, -0.15) is 0 Å². The standard InChI is InChI=1S/C29H27F3O3/c1-3-18-5-7-19(8-6-18)23-14-15-24(28(32)27(23)31)20-9-12-22(13-10-20)35-29(33)21-11-16-26(34-4-2)25(30)17-21/h3,9-19H,1,4-8H2,2H3. The Balaban J connectivity index is 1.47. The first-order chi connectivity index (χ1) is 16.9. The van der Waals surface area contributed by atoms with Crippen LogP contribution in [0, 0.1) is 23.4 Å². The average molecular weight is 481 g/mol. The predicted molar refractivity (Wildman–Crippen MR) is 129 cm³/mol. The largest absolute Gasteiger partial charge is 0.491 e. The summed E-state index contributed by atoms with van der Waals surface area (Å²) in [5, 5.41) is 0. The van der Waals surface area contributed by atoms with Crippen molar-refractivity contribution in [1.82, 2.24) is 0 Å². The van der Waals surface area contributed by atoms with Crippen LogP contribution in [-0.2, 0) is 0 Å². The van der Waals surface area contributed by atoms with Gasteiger partial charge in [-0.05, 0) is 85.9 Å². The van der Waals surface area contributed by atoms with Crippen molar-refractivity contribution in [3.63, 3.8) is 0 Å². The second-order valence-corrected chi connectivity index (χ2v) is 8.67. The molecule has 0 amide bonds. The second-order valence-electron chi connectivity index (χ2n) is 8.67. The van der Waals surface area contributed by atoms with E-state index in [0.717, 1.165) is 31.7 Å². The van der Waals surface area contributed by atoms with Crippen LogP contribution in [0.2, 0.25) is 0 Å². The van der Waals surface area contributed by atoms with Crippen LogP contribution in [-0.4, -0.2) is 12.6 Å². The third-order valence-corrected chi connectivity index (χ3v) is 6.50. The minimum absolute atomic E-state index is 0.00368. The summed E-state index contributed by atoms with van der Waals surface area (Å²) < 4.78 is 54.4. The molecule has 1 aliphatic rings. The number of hydrogen-bond acceptors (Lipinski definition) is 3. The van der Waals surface area contributed by atoms with E-state index in [1.54, 1.807) is 31.2 Å². The number of esters is 1. The van der Waals surface area contributed by atoms with Crippen molar-refractivity contribution < 1.29 is 27.4 Å². The van der Waals surface area contributed by atoms with E-state index in [1.165, 1.54) is 24.3 Å². The number of benzene rings is 3. The summed E-state index contributed by atoms with van der Waals surface area (Å²) in [6.45, 7) is 5.86. The van der Waals surface area contributed by atoms with Gasteiger partial charge in [0.05, 0.1) is 12.2 Å². The molecule has 0 aromatic heterocycles. The summed E-state index contributed by atoms with van der Waals surface area (Å²) in [4.78, 5) is 12.4. The van der Waals surface area contributed by atoms with E-state index < -0.39 is 23.4 Å². The molecule has 1 fully saturated rings. The van der Waals surface area contributed by atoms with E-state index >= 15 is 0 Å². The van der Waals surface area contributed by atoms with Crippen molar-refractivity contribution >= 4 is 5.97 Å². The Morgan fingerprint density at radius 1 is 0.971 bits per heavy atom. The maximum atomic E-state index is 15.0. The van der Waals surface area contributed by atoms with Crippen LogP contribution in [0.4, 0.5) is 13.2 Å². The van der Waals surface area contributed by atoms with Gasteiger partial charge < -0.3 is 9.47 Å². The third kappa shape index (κ3) is 5.42. The lowest BCUT2D eigenvalue weighted by molar-refractivity contribution is 0.0734. The van der Waals surface area contributed by atoms with Gasteiger partial charge in [-0.25, -0.2) is 18.0 Å². The van der Waals surface area contributed by atoms with Crippen LogP contribution >= 0.6 is 0 Å². The molecule has 0 unspecified atom stereocenters. The molecule has 3 aromatic rings. The van der Waals surface area contributed by atoms with Crippen molar-refractivity contribution in [2.45, 2.75) is 38.5 Å².